The Hall–Kier alpha value is -3.28. The molecule has 5 nitrogen and oxygen atoms in total. The first kappa shape index (κ1) is 22.4. The maximum absolute atomic E-state index is 15.5. The zero-order chi connectivity index (χ0) is 22.9. The number of halogens is 7. The molecule has 0 spiro atoms. The zero-order valence-corrected chi connectivity index (χ0v) is 15.2. The van der Waals surface area contributed by atoms with Crippen molar-refractivity contribution < 1.29 is 40.6 Å². The van der Waals surface area contributed by atoms with Crippen molar-refractivity contribution in [2.24, 2.45) is 0 Å². The van der Waals surface area contributed by atoms with Crippen molar-refractivity contribution >= 4 is 0 Å². The lowest BCUT2D eigenvalue weighted by molar-refractivity contribution is -0.176. The van der Waals surface area contributed by atoms with Gasteiger partial charge in [0, 0.05) is 29.6 Å². The van der Waals surface area contributed by atoms with Gasteiger partial charge in [0.25, 0.3) is 0 Å². The van der Waals surface area contributed by atoms with Gasteiger partial charge in [0.2, 0.25) is 0 Å². The summed E-state index contributed by atoms with van der Waals surface area (Å²) >= 11 is 0. The van der Waals surface area contributed by atoms with Gasteiger partial charge in [-0.05, 0) is 24.3 Å². The first-order valence-electron chi connectivity index (χ1n) is 8.42. The maximum atomic E-state index is 15.5. The average Bonchev–Trinajstić information content (AvgIpc) is 2.72. The normalized spacial score (nSPS) is 14.2. The summed E-state index contributed by atoms with van der Waals surface area (Å²) < 4.78 is 99.9. The minimum Gasteiger partial charge on any atom is -0.483 e. The average molecular weight is 447 g/mol. The minimum absolute atomic E-state index is 0.307. The molecule has 2 heterocycles. The molecule has 164 valence electrons. The van der Waals surface area contributed by atoms with E-state index in [2.05, 4.69) is 19.7 Å². The molecule has 0 bridgehead atoms. The Morgan fingerprint density at radius 1 is 0.903 bits per heavy atom. The summed E-state index contributed by atoms with van der Waals surface area (Å²) in [5.41, 5.74) is -6.19. The molecule has 31 heavy (non-hydrogen) atoms. The standard InChI is InChI=1S/C19H12F7N3O2/c20-12-1-3-14(15(21)5-12)18(30,11-6-27-10-28-7-11)19(25,26)16-4-2-13(8-29-16)31-9-17(22,23)24/h1-8,10,30H,9H2. The molecule has 12 heteroatoms. The molecule has 2 aromatic heterocycles. The molecule has 3 aromatic rings. The molecule has 0 saturated carbocycles. The highest BCUT2D eigenvalue weighted by Crippen LogP contribution is 2.49. The SMILES string of the molecule is OC(c1cncnc1)(c1ccc(F)cc1F)C(F)(F)c1ccc(OCC(F)(F)F)cn1. The van der Waals surface area contributed by atoms with Crippen molar-refractivity contribution in [3.05, 3.63) is 83.7 Å². The van der Waals surface area contributed by atoms with Crippen LogP contribution in [0.5, 0.6) is 5.75 Å². The molecule has 0 fully saturated rings. The maximum Gasteiger partial charge on any atom is 0.422 e. The van der Waals surface area contributed by atoms with Gasteiger partial charge in [0.05, 0.1) is 6.20 Å². The van der Waals surface area contributed by atoms with Crippen LogP contribution in [0.3, 0.4) is 0 Å². The third kappa shape index (κ3) is 4.43. The van der Waals surface area contributed by atoms with Crippen LogP contribution in [0.25, 0.3) is 0 Å². The van der Waals surface area contributed by atoms with Crippen molar-refractivity contribution in [1.29, 1.82) is 0 Å². The Labute approximate surface area is 170 Å². The van der Waals surface area contributed by atoms with Gasteiger partial charge in [-0.25, -0.2) is 18.7 Å². The minimum atomic E-state index is -4.66. The lowest BCUT2D eigenvalue weighted by Gasteiger charge is -2.36. The van der Waals surface area contributed by atoms with Crippen molar-refractivity contribution in [1.82, 2.24) is 15.0 Å². The van der Waals surface area contributed by atoms with E-state index in [4.69, 9.17) is 0 Å². The lowest BCUT2D eigenvalue weighted by Crippen LogP contribution is -2.45. The zero-order valence-electron chi connectivity index (χ0n) is 15.2. The van der Waals surface area contributed by atoms with E-state index in [0.29, 0.717) is 30.5 Å². The Morgan fingerprint density at radius 2 is 1.58 bits per heavy atom. The van der Waals surface area contributed by atoms with Crippen LogP contribution < -0.4 is 4.74 Å². The van der Waals surface area contributed by atoms with E-state index in [-0.39, 0.29) is 0 Å². The molecule has 1 aromatic carbocycles. The Morgan fingerprint density at radius 3 is 2.13 bits per heavy atom. The second-order valence-electron chi connectivity index (χ2n) is 6.32. The predicted octanol–water partition coefficient (Wildman–Crippen LogP) is 4.12. The highest BCUT2D eigenvalue weighted by molar-refractivity contribution is 5.40. The molecule has 3 rings (SSSR count). The van der Waals surface area contributed by atoms with Crippen LogP contribution in [0.1, 0.15) is 16.8 Å². The van der Waals surface area contributed by atoms with E-state index in [1.54, 1.807) is 0 Å². The number of aromatic nitrogens is 3. The molecular weight excluding hydrogens is 435 g/mol. The Kier molecular flexibility index (Phi) is 5.85. The second-order valence-corrected chi connectivity index (χ2v) is 6.32. The summed E-state index contributed by atoms with van der Waals surface area (Å²) in [6, 6.07) is 3.01. The van der Waals surface area contributed by atoms with E-state index in [0.717, 1.165) is 24.8 Å². The van der Waals surface area contributed by atoms with E-state index >= 15 is 8.78 Å². The van der Waals surface area contributed by atoms with Crippen LogP contribution in [-0.2, 0) is 11.5 Å². The van der Waals surface area contributed by atoms with Crippen LogP contribution in [0, 0.1) is 11.6 Å². The summed E-state index contributed by atoms with van der Waals surface area (Å²) in [5.74, 6) is -7.37. The van der Waals surface area contributed by atoms with E-state index < -0.39 is 58.5 Å². The number of pyridine rings is 1. The van der Waals surface area contributed by atoms with Gasteiger partial charge in [0.1, 0.15) is 29.4 Å². The van der Waals surface area contributed by atoms with Crippen LogP contribution >= 0.6 is 0 Å². The van der Waals surface area contributed by atoms with Gasteiger partial charge in [-0.2, -0.15) is 22.0 Å². The summed E-state index contributed by atoms with van der Waals surface area (Å²) in [6.07, 6.45) is -1.46. The molecule has 0 aliphatic carbocycles. The topological polar surface area (TPSA) is 68.1 Å². The van der Waals surface area contributed by atoms with Crippen molar-refractivity contribution in [3.8, 4) is 5.75 Å². The highest BCUT2D eigenvalue weighted by Gasteiger charge is 2.59. The van der Waals surface area contributed by atoms with Crippen molar-refractivity contribution in [3.63, 3.8) is 0 Å². The number of ether oxygens (including phenoxy) is 1. The molecule has 1 atom stereocenters. The lowest BCUT2D eigenvalue weighted by atomic mass is 9.80. The van der Waals surface area contributed by atoms with Gasteiger partial charge in [-0.15, -0.1) is 0 Å². The summed E-state index contributed by atoms with van der Waals surface area (Å²) in [7, 11) is 0. The number of alkyl halides is 5. The number of aliphatic hydroxyl groups is 1. The fourth-order valence-electron chi connectivity index (χ4n) is 2.78. The van der Waals surface area contributed by atoms with E-state index in [1.165, 1.54) is 0 Å². The quantitative estimate of drug-likeness (QED) is 0.576. The Balaban J connectivity index is 2.08. The molecule has 1 N–H and O–H groups in total. The molecule has 0 aliphatic heterocycles. The summed E-state index contributed by atoms with van der Waals surface area (Å²) in [4.78, 5) is 10.5. The van der Waals surface area contributed by atoms with Gasteiger partial charge in [0.15, 0.2) is 12.2 Å². The van der Waals surface area contributed by atoms with Crippen molar-refractivity contribution in [2.45, 2.75) is 17.7 Å². The smallest absolute Gasteiger partial charge is 0.422 e. The molecule has 0 radical (unpaired) electrons. The monoisotopic (exact) mass is 447 g/mol. The summed E-state index contributed by atoms with van der Waals surface area (Å²) in [5, 5.41) is 11.1. The first-order valence-corrected chi connectivity index (χ1v) is 8.42. The van der Waals surface area contributed by atoms with Gasteiger partial charge >= 0.3 is 12.1 Å². The van der Waals surface area contributed by atoms with Gasteiger partial charge < -0.3 is 9.84 Å². The first-order chi connectivity index (χ1) is 14.4. The number of rotatable bonds is 6. The Bertz CT molecular complexity index is 1050. The van der Waals surface area contributed by atoms with Crippen LogP contribution in [0.4, 0.5) is 30.7 Å². The predicted molar refractivity (Wildman–Crippen MR) is 91.1 cm³/mol. The summed E-state index contributed by atoms with van der Waals surface area (Å²) in [6.45, 7) is -1.67. The largest absolute Gasteiger partial charge is 0.483 e. The fraction of sp³-hybridized carbons (Fsp3) is 0.211. The highest BCUT2D eigenvalue weighted by atomic mass is 19.4. The van der Waals surface area contributed by atoms with E-state index in [1.807, 2.05) is 0 Å². The van der Waals surface area contributed by atoms with Crippen LogP contribution in [0.2, 0.25) is 0 Å². The van der Waals surface area contributed by atoms with Crippen LogP contribution in [0.15, 0.2) is 55.2 Å². The molecular formula is C19H12F7N3O2. The fourth-order valence-corrected chi connectivity index (χ4v) is 2.78. The number of hydrogen-bond acceptors (Lipinski definition) is 5. The molecule has 0 aliphatic rings. The third-order valence-corrected chi connectivity index (χ3v) is 4.21. The van der Waals surface area contributed by atoms with Crippen LogP contribution in [-0.4, -0.2) is 32.8 Å². The number of benzene rings is 1. The second kappa shape index (κ2) is 8.10. The van der Waals surface area contributed by atoms with Gasteiger partial charge in [-0.1, -0.05) is 0 Å². The number of nitrogens with zero attached hydrogens (tertiary/aromatic N) is 3. The van der Waals surface area contributed by atoms with Gasteiger partial charge in [-0.3, -0.25) is 4.98 Å². The third-order valence-electron chi connectivity index (χ3n) is 4.21. The number of hydrogen-bond donors (Lipinski definition) is 1. The van der Waals surface area contributed by atoms with Crippen molar-refractivity contribution in [2.75, 3.05) is 6.61 Å². The van der Waals surface area contributed by atoms with E-state index in [9.17, 15) is 27.1 Å². The molecule has 0 amide bonds. The molecule has 0 saturated heterocycles. The molecule has 1 unspecified atom stereocenters.